The molecule has 0 fully saturated rings. The first-order chi connectivity index (χ1) is 10.1. The molecule has 0 atom stereocenters. The molecule has 0 aliphatic rings. The van der Waals surface area contributed by atoms with Crippen molar-refractivity contribution in [1.82, 2.24) is 0 Å². The predicted octanol–water partition coefficient (Wildman–Crippen LogP) is 3.72. The van der Waals surface area contributed by atoms with Gasteiger partial charge in [0.25, 0.3) is 0 Å². The van der Waals surface area contributed by atoms with E-state index >= 15 is 0 Å². The summed E-state index contributed by atoms with van der Waals surface area (Å²) in [5.41, 5.74) is 8.54. The number of ether oxygens (including phenoxy) is 2. The molecule has 0 spiro atoms. The maximum Gasteiger partial charge on any atom is 0.340 e. The largest absolute Gasteiger partial charge is 0.465 e. The molecule has 2 rings (SSSR count). The zero-order valence-corrected chi connectivity index (χ0v) is 12.5. The Bertz CT molecular complexity index is 665. The van der Waals surface area contributed by atoms with Crippen LogP contribution in [-0.2, 0) is 11.2 Å². The lowest BCUT2D eigenvalue weighted by Gasteiger charge is -2.13. The summed E-state index contributed by atoms with van der Waals surface area (Å²) in [6.45, 7) is 3.90. The summed E-state index contributed by atoms with van der Waals surface area (Å²) in [6.07, 6.45) is 0.869. The number of para-hydroxylation sites is 1. The molecule has 0 heterocycles. The smallest absolute Gasteiger partial charge is 0.340 e. The molecule has 4 nitrogen and oxygen atoms in total. The number of hydrogen-bond donors (Lipinski definition) is 1. The molecule has 0 saturated heterocycles. The van der Waals surface area contributed by atoms with Gasteiger partial charge in [0, 0.05) is 5.69 Å². The van der Waals surface area contributed by atoms with Gasteiger partial charge in [0.1, 0.15) is 11.5 Å². The Labute approximate surface area is 124 Å². The summed E-state index contributed by atoms with van der Waals surface area (Å²) in [4.78, 5) is 11.8. The number of esters is 1. The fourth-order valence-electron chi connectivity index (χ4n) is 2.13. The third-order valence-corrected chi connectivity index (χ3v) is 3.35. The van der Waals surface area contributed by atoms with Crippen LogP contribution < -0.4 is 10.5 Å². The van der Waals surface area contributed by atoms with E-state index in [-0.39, 0.29) is 0 Å². The maximum atomic E-state index is 11.8. The number of nitrogen functional groups attached to an aromatic ring is 1. The van der Waals surface area contributed by atoms with Gasteiger partial charge in [-0.15, -0.1) is 0 Å². The number of nitrogens with two attached hydrogens (primary N) is 1. The van der Waals surface area contributed by atoms with E-state index in [2.05, 4.69) is 6.92 Å². The highest BCUT2D eigenvalue weighted by molar-refractivity contribution is 5.96. The number of carbonyl (C=O) groups excluding carboxylic acids is 1. The third-order valence-electron chi connectivity index (χ3n) is 3.35. The Morgan fingerprint density at radius 2 is 1.95 bits per heavy atom. The highest BCUT2D eigenvalue weighted by Crippen LogP contribution is 2.30. The van der Waals surface area contributed by atoms with E-state index in [9.17, 15) is 4.79 Å². The minimum absolute atomic E-state index is 0.321. The number of hydrogen-bond acceptors (Lipinski definition) is 4. The number of rotatable bonds is 4. The van der Waals surface area contributed by atoms with Crippen LogP contribution in [0.25, 0.3) is 0 Å². The fraction of sp³-hybridized carbons (Fsp3) is 0.235. The van der Waals surface area contributed by atoms with Crippen molar-refractivity contribution < 1.29 is 14.3 Å². The molecule has 2 N–H and O–H groups in total. The van der Waals surface area contributed by atoms with E-state index in [1.165, 1.54) is 7.11 Å². The van der Waals surface area contributed by atoms with Crippen LogP contribution in [0.5, 0.6) is 11.5 Å². The van der Waals surface area contributed by atoms with E-state index < -0.39 is 5.97 Å². The average Bonchev–Trinajstić information content (AvgIpc) is 2.50. The lowest BCUT2D eigenvalue weighted by atomic mass is 10.1. The molecule has 2 aromatic carbocycles. The quantitative estimate of drug-likeness (QED) is 0.687. The van der Waals surface area contributed by atoms with E-state index in [0.717, 1.165) is 23.3 Å². The SMILES string of the molecule is CCc1ccccc1Oc1cc(C)c(N)c(C(=O)OC)c1. The maximum absolute atomic E-state index is 11.8. The van der Waals surface area contributed by atoms with E-state index in [1.54, 1.807) is 6.07 Å². The van der Waals surface area contributed by atoms with Gasteiger partial charge < -0.3 is 15.2 Å². The summed E-state index contributed by atoms with van der Waals surface area (Å²) in [5.74, 6) is 0.882. The lowest BCUT2D eigenvalue weighted by molar-refractivity contribution is 0.0601. The molecule has 21 heavy (non-hydrogen) atoms. The summed E-state index contributed by atoms with van der Waals surface area (Å²) >= 11 is 0. The number of aryl methyl sites for hydroxylation is 2. The Kier molecular flexibility index (Phi) is 4.48. The standard InChI is InChI=1S/C17H19NO3/c1-4-12-7-5-6-8-15(12)21-13-9-11(2)16(18)14(10-13)17(19)20-3/h5-10H,4,18H2,1-3H3. The molecule has 0 radical (unpaired) electrons. The minimum atomic E-state index is -0.468. The number of benzene rings is 2. The van der Waals surface area contributed by atoms with Crippen molar-refractivity contribution in [1.29, 1.82) is 0 Å². The molecule has 0 aliphatic carbocycles. The number of methoxy groups -OCH3 is 1. The topological polar surface area (TPSA) is 61.5 Å². The Morgan fingerprint density at radius 1 is 1.24 bits per heavy atom. The first-order valence-corrected chi connectivity index (χ1v) is 6.81. The van der Waals surface area contributed by atoms with Gasteiger partial charge in [0.2, 0.25) is 0 Å². The second-order valence-electron chi connectivity index (χ2n) is 4.76. The van der Waals surface area contributed by atoms with Gasteiger partial charge >= 0.3 is 5.97 Å². The Morgan fingerprint density at radius 3 is 2.62 bits per heavy atom. The van der Waals surface area contributed by atoms with E-state index in [1.807, 2.05) is 37.3 Å². The van der Waals surface area contributed by atoms with Crippen molar-refractivity contribution >= 4 is 11.7 Å². The van der Waals surface area contributed by atoms with Crippen LogP contribution in [-0.4, -0.2) is 13.1 Å². The van der Waals surface area contributed by atoms with Crippen molar-refractivity contribution in [3.8, 4) is 11.5 Å². The summed E-state index contributed by atoms with van der Waals surface area (Å²) in [7, 11) is 1.33. The van der Waals surface area contributed by atoms with Crippen molar-refractivity contribution in [2.75, 3.05) is 12.8 Å². The summed E-state index contributed by atoms with van der Waals surface area (Å²) < 4.78 is 10.7. The van der Waals surface area contributed by atoms with Crippen molar-refractivity contribution in [3.63, 3.8) is 0 Å². The van der Waals surface area contributed by atoms with Crippen molar-refractivity contribution in [2.24, 2.45) is 0 Å². The molecule has 110 valence electrons. The monoisotopic (exact) mass is 285 g/mol. The minimum Gasteiger partial charge on any atom is -0.465 e. The molecular weight excluding hydrogens is 266 g/mol. The van der Waals surface area contributed by atoms with Crippen LogP contribution in [0, 0.1) is 6.92 Å². The summed E-state index contributed by atoms with van der Waals surface area (Å²) in [6, 6.07) is 11.2. The molecular formula is C17H19NO3. The lowest BCUT2D eigenvalue weighted by Crippen LogP contribution is -2.07. The van der Waals surface area contributed by atoms with Crippen LogP contribution in [0.4, 0.5) is 5.69 Å². The van der Waals surface area contributed by atoms with Crippen LogP contribution in [0.3, 0.4) is 0 Å². The second kappa shape index (κ2) is 6.31. The molecule has 0 unspecified atom stereocenters. The van der Waals surface area contributed by atoms with Crippen LogP contribution in [0.2, 0.25) is 0 Å². The van der Waals surface area contributed by atoms with E-state index in [4.69, 9.17) is 15.2 Å². The molecule has 2 aromatic rings. The molecule has 0 bridgehead atoms. The first-order valence-electron chi connectivity index (χ1n) is 6.81. The molecule has 0 aliphatic heterocycles. The molecule has 0 saturated carbocycles. The van der Waals surface area contributed by atoms with Gasteiger partial charge in [-0.1, -0.05) is 25.1 Å². The number of carbonyl (C=O) groups is 1. The van der Waals surface area contributed by atoms with Crippen LogP contribution in [0.15, 0.2) is 36.4 Å². The highest BCUT2D eigenvalue weighted by atomic mass is 16.5. The molecule has 0 aromatic heterocycles. The molecule has 0 amide bonds. The highest BCUT2D eigenvalue weighted by Gasteiger charge is 2.15. The van der Waals surface area contributed by atoms with Crippen LogP contribution >= 0.6 is 0 Å². The van der Waals surface area contributed by atoms with Gasteiger partial charge in [-0.25, -0.2) is 4.79 Å². The third kappa shape index (κ3) is 3.16. The van der Waals surface area contributed by atoms with E-state index in [0.29, 0.717) is 17.0 Å². The van der Waals surface area contributed by atoms with Gasteiger partial charge in [-0.05, 0) is 42.7 Å². The Balaban J connectivity index is 2.41. The second-order valence-corrected chi connectivity index (χ2v) is 4.76. The fourth-order valence-corrected chi connectivity index (χ4v) is 2.13. The zero-order valence-electron chi connectivity index (χ0n) is 12.5. The average molecular weight is 285 g/mol. The molecule has 4 heteroatoms. The van der Waals surface area contributed by atoms with Gasteiger partial charge in [-0.3, -0.25) is 0 Å². The Hall–Kier alpha value is -2.49. The summed E-state index contributed by atoms with van der Waals surface area (Å²) in [5, 5.41) is 0. The van der Waals surface area contributed by atoms with Gasteiger partial charge in [0.15, 0.2) is 0 Å². The van der Waals surface area contributed by atoms with Gasteiger partial charge in [0.05, 0.1) is 12.7 Å². The van der Waals surface area contributed by atoms with Gasteiger partial charge in [-0.2, -0.15) is 0 Å². The zero-order chi connectivity index (χ0) is 15.4. The first kappa shape index (κ1) is 14.9. The predicted molar refractivity (Wildman–Crippen MR) is 82.8 cm³/mol. The van der Waals surface area contributed by atoms with Crippen LogP contribution in [0.1, 0.15) is 28.4 Å². The van der Waals surface area contributed by atoms with Crippen molar-refractivity contribution in [3.05, 3.63) is 53.1 Å². The normalized spacial score (nSPS) is 10.2. The van der Waals surface area contributed by atoms with Crippen molar-refractivity contribution in [2.45, 2.75) is 20.3 Å². The number of anilines is 1.